The number of aryl methyl sites for hydroxylation is 2. The third-order valence-corrected chi connectivity index (χ3v) is 7.52. The van der Waals surface area contributed by atoms with Gasteiger partial charge in [0.05, 0.1) is 12.6 Å². The minimum atomic E-state index is -0.431. The normalized spacial score (nSPS) is 20.5. The fourth-order valence-electron chi connectivity index (χ4n) is 5.61. The summed E-state index contributed by atoms with van der Waals surface area (Å²) in [7, 11) is 0. The third-order valence-electron chi connectivity index (χ3n) is 7.52. The molecule has 0 aliphatic carbocycles. The van der Waals surface area contributed by atoms with Gasteiger partial charge in [-0.15, -0.1) is 5.10 Å². The number of benzene rings is 2. The van der Waals surface area contributed by atoms with Crippen LogP contribution in [0.25, 0.3) is 10.9 Å². The van der Waals surface area contributed by atoms with Crippen LogP contribution in [0.15, 0.2) is 47.3 Å². The number of nitrogens with zero attached hydrogens (tertiary/aromatic N) is 5. The van der Waals surface area contributed by atoms with Gasteiger partial charge >= 0.3 is 0 Å². The largest absolute Gasteiger partial charge is 0.376 e. The first-order valence-corrected chi connectivity index (χ1v) is 12.4. The molecule has 0 bridgehead atoms. The number of anilines is 1. The van der Waals surface area contributed by atoms with Crippen LogP contribution in [0, 0.1) is 13.8 Å². The maximum atomic E-state index is 13.6. The number of tetrazole rings is 1. The van der Waals surface area contributed by atoms with E-state index in [0.29, 0.717) is 17.9 Å². The molecular formula is C27H30N6O2. The summed E-state index contributed by atoms with van der Waals surface area (Å²) in [6.45, 7) is 7.70. The van der Waals surface area contributed by atoms with E-state index >= 15 is 0 Å². The zero-order valence-electron chi connectivity index (χ0n) is 20.4. The van der Waals surface area contributed by atoms with Crippen LogP contribution in [0.5, 0.6) is 0 Å². The molecule has 4 aromatic rings. The molecular weight excluding hydrogens is 440 g/mol. The number of fused-ring (bicyclic) bond motifs is 2. The van der Waals surface area contributed by atoms with E-state index in [9.17, 15) is 4.79 Å². The summed E-state index contributed by atoms with van der Waals surface area (Å²) < 4.78 is 7.71. The van der Waals surface area contributed by atoms with Crippen LogP contribution in [-0.2, 0) is 17.7 Å². The van der Waals surface area contributed by atoms with Gasteiger partial charge < -0.3 is 14.6 Å². The molecule has 8 heteroatoms. The average Bonchev–Trinajstić information content (AvgIpc) is 3.58. The van der Waals surface area contributed by atoms with Gasteiger partial charge in [-0.2, -0.15) is 0 Å². The Morgan fingerprint density at radius 2 is 2.00 bits per heavy atom. The molecule has 1 fully saturated rings. The lowest BCUT2D eigenvalue weighted by Crippen LogP contribution is -2.39. The van der Waals surface area contributed by atoms with Crippen molar-refractivity contribution in [2.24, 2.45) is 0 Å². The highest BCUT2D eigenvalue weighted by Crippen LogP contribution is 2.40. The van der Waals surface area contributed by atoms with Crippen molar-refractivity contribution in [1.82, 2.24) is 25.2 Å². The topological polar surface area (TPSA) is 88.9 Å². The van der Waals surface area contributed by atoms with E-state index in [1.807, 2.05) is 22.9 Å². The Bertz CT molecular complexity index is 1450. The van der Waals surface area contributed by atoms with Crippen LogP contribution in [0.1, 0.15) is 53.9 Å². The van der Waals surface area contributed by atoms with E-state index < -0.39 is 6.04 Å². The number of ether oxygens (including phenoxy) is 1. The fraction of sp³-hybridized carbons (Fsp3) is 0.407. The first-order valence-electron chi connectivity index (χ1n) is 12.4. The van der Waals surface area contributed by atoms with Gasteiger partial charge in [-0.3, -0.25) is 4.79 Å². The number of para-hydroxylation sites is 1. The van der Waals surface area contributed by atoms with Crippen molar-refractivity contribution in [2.45, 2.75) is 64.8 Å². The maximum absolute atomic E-state index is 13.6. The highest BCUT2D eigenvalue weighted by Gasteiger charge is 2.38. The summed E-state index contributed by atoms with van der Waals surface area (Å²) in [5.41, 5.74) is 6.11. The van der Waals surface area contributed by atoms with Crippen molar-refractivity contribution >= 4 is 16.6 Å². The minimum Gasteiger partial charge on any atom is -0.376 e. The quantitative estimate of drug-likeness (QED) is 0.477. The Kier molecular flexibility index (Phi) is 5.40. The number of nitrogens with one attached hydrogen (secondary N) is 1. The van der Waals surface area contributed by atoms with Crippen molar-refractivity contribution in [3.63, 3.8) is 0 Å². The molecule has 2 aromatic carbocycles. The smallest absolute Gasteiger partial charge is 0.254 e. The van der Waals surface area contributed by atoms with Gasteiger partial charge in [0, 0.05) is 29.4 Å². The van der Waals surface area contributed by atoms with E-state index in [-0.39, 0.29) is 17.7 Å². The monoisotopic (exact) mass is 470 g/mol. The zero-order valence-corrected chi connectivity index (χ0v) is 20.4. The van der Waals surface area contributed by atoms with E-state index in [1.54, 1.807) is 0 Å². The average molecular weight is 471 g/mol. The molecule has 0 amide bonds. The first-order chi connectivity index (χ1) is 17.0. The van der Waals surface area contributed by atoms with Gasteiger partial charge in [-0.25, -0.2) is 4.68 Å². The molecule has 4 heterocycles. The van der Waals surface area contributed by atoms with Crippen molar-refractivity contribution < 1.29 is 4.74 Å². The lowest BCUT2D eigenvalue weighted by molar-refractivity contribution is 0.0924. The Morgan fingerprint density at radius 3 is 2.83 bits per heavy atom. The lowest BCUT2D eigenvalue weighted by Gasteiger charge is -2.33. The second-order valence-corrected chi connectivity index (χ2v) is 9.92. The van der Waals surface area contributed by atoms with Gasteiger partial charge in [0.2, 0.25) is 0 Å². The second-order valence-electron chi connectivity index (χ2n) is 9.92. The molecule has 6 rings (SSSR count). The molecule has 3 atom stereocenters. The van der Waals surface area contributed by atoms with Crippen LogP contribution in [0.2, 0.25) is 0 Å². The van der Waals surface area contributed by atoms with Crippen LogP contribution in [-0.4, -0.2) is 43.9 Å². The van der Waals surface area contributed by atoms with Crippen LogP contribution < -0.4 is 10.5 Å². The zero-order chi connectivity index (χ0) is 24.1. The van der Waals surface area contributed by atoms with E-state index in [0.717, 1.165) is 48.0 Å². The number of aromatic nitrogens is 5. The van der Waals surface area contributed by atoms with Crippen LogP contribution in [0.4, 0.5) is 5.69 Å². The summed E-state index contributed by atoms with van der Waals surface area (Å²) in [6.07, 6.45) is 3.03. The van der Waals surface area contributed by atoms with Crippen molar-refractivity contribution in [2.75, 3.05) is 11.5 Å². The number of pyridine rings is 1. The fourth-order valence-corrected chi connectivity index (χ4v) is 5.61. The highest BCUT2D eigenvalue weighted by molar-refractivity contribution is 5.81. The molecule has 1 saturated heterocycles. The number of hydrogen-bond donors (Lipinski definition) is 1. The van der Waals surface area contributed by atoms with Gasteiger partial charge in [-0.1, -0.05) is 18.2 Å². The predicted octanol–water partition coefficient (Wildman–Crippen LogP) is 3.85. The number of rotatable bonds is 5. The molecule has 8 nitrogen and oxygen atoms in total. The number of hydrogen-bond acceptors (Lipinski definition) is 6. The molecule has 0 saturated carbocycles. The molecule has 2 aromatic heterocycles. The van der Waals surface area contributed by atoms with Crippen molar-refractivity contribution in [3.8, 4) is 0 Å². The Balaban J connectivity index is 1.54. The summed E-state index contributed by atoms with van der Waals surface area (Å²) in [5.74, 6) is 0.665. The number of H-pyrrole nitrogens is 1. The first kappa shape index (κ1) is 22.0. The highest BCUT2D eigenvalue weighted by atomic mass is 16.5. The molecule has 2 aliphatic heterocycles. The molecule has 2 aliphatic rings. The van der Waals surface area contributed by atoms with Gasteiger partial charge in [0.15, 0.2) is 5.82 Å². The van der Waals surface area contributed by atoms with E-state index in [4.69, 9.17) is 4.74 Å². The van der Waals surface area contributed by atoms with E-state index in [2.05, 4.69) is 70.4 Å². The van der Waals surface area contributed by atoms with Gasteiger partial charge in [0.25, 0.3) is 5.56 Å². The molecule has 1 N–H and O–H groups in total. The van der Waals surface area contributed by atoms with Crippen LogP contribution in [0.3, 0.4) is 0 Å². The maximum Gasteiger partial charge on any atom is 0.254 e. The third kappa shape index (κ3) is 3.82. The SMILES string of the molecule is Cc1cc2cc([C@H](c3nnnn3C[C@@H]3CCCO3)N3c4ccccc4C[C@@H]3C)c(=O)[nH]c2cc1C. The summed E-state index contributed by atoms with van der Waals surface area (Å²) in [6, 6.07) is 14.4. The van der Waals surface area contributed by atoms with E-state index in [1.165, 1.54) is 11.1 Å². The molecule has 0 unspecified atom stereocenters. The summed E-state index contributed by atoms with van der Waals surface area (Å²) >= 11 is 0. The Morgan fingerprint density at radius 1 is 1.17 bits per heavy atom. The second kappa shape index (κ2) is 8.61. The predicted molar refractivity (Wildman–Crippen MR) is 135 cm³/mol. The minimum absolute atomic E-state index is 0.0849. The summed E-state index contributed by atoms with van der Waals surface area (Å²) in [5, 5.41) is 13.9. The van der Waals surface area contributed by atoms with Gasteiger partial charge in [-0.05, 0) is 96.8 Å². The molecule has 35 heavy (non-hydrogen) atoms. The molecule has 0 spiro atoms. The van der Waals surface area contributed by atoms with Crippen LogP contribution >= 0.6 is 0 Å². The standard InChI is InChI=1S/C27H30N6O2/c1-16-11-20-14-22(27(34)28-23(20)12-17(16)2)25(33-18(3)13-19-7-4-5-9-24(19)33)26-29-30-31-32(26)15-21-8-6-10-35-21/h4-5,7,9,11-12,14,18,21,25H,6,8,10,13,15H2,1-3H3,(H,28,34)/t18-,21-,25+/m0/s1. The van der Waals surface area contributed by atoms with Crippen molar-refractivity contribution in [3.05, 3.63) is 80.9 Å². The summed E-state index contributed by atoms with van der Waals surface area (Å²) in [4.78, 5) is 19.1. The Hall–Kier alpha value is -3.52. The molecule has 0 radical (unpaired) electrons. The number of aromatic amines is 1. The lowest BCUT2D eigenvalue weighted by atomic mass is 10.00. The molecule has 180 valence electrons. The van der Waals surface area contributed by atoms with Crippen molar-refractivity contribution in [1.29, 1.82) is 0 Å². The Labute approximate surface area is 203 Å². The van der Waals surface area contributed by atoms with Gasteiger partial charge in [0.1, 0.15) is 6.04 Å².